The van der Waals surface area contributed by atoms with E-state index in [4.69, 9.17) is 0 Å². The first-order valence-corrected chi connectivity index (χ1v) is 8.21. The standard InChI is InChI=1S/C17H29NO2/c1-12(19)4-5-18-14(20)17-8-13-6-15(2,10-17)9-16(3,7-13)11-17/h12-13,19H,4-11H2,1-3H3,(H,18,20). The van der Waals surface area contributed by atoms with Gasteiger partial charge in [0.05, 0.1) is 11.5 Å². The molecule has 0 aromatic heterocycles. The highest BCUT2D eigenvalue weighted by Gasteiger charge is 2.62. The predicted octanol–water partition coefficient (Wildman–Crippen LogP) is 2.87. The lowest BCUT2D eigenvalue weighted by atomic mass is 9.40. The first kappa shape index (κ1) is 14.4. The Hall–Kier alpha value is -0.570. The molecule has 3 heteroatoms. The Kier molecular flexibility index (Phi) is 3.20. The molecule has 4 saturated carbocycles. The predicted molar refractivity (Wildman–Crippen MR) is 79.1 cm³/mol. The fourth-order valence-corrected chi connectivity index (χ4v) is 6.28. The Morgan fingerprint density at radius 1 is 1.20 bits per heavy atom. The summed E-state index contributed by atoms with van der Waals surface area (Å²) in [7, 11) is 0. The van der Waals surface area contributed by atoms with Crippen molar-refractivity contribution in [1.82, 2.24) is 5.32 Å². The second-order valence-electron chi connectivity index (χ2n) is 8.80. The lowest BCUT2D eigenvalue weighted by Crippen LogP contribution is -2.60. The second-order valence-corrected chi connectivity index (χ2v) is 8.80. The van der Waals surface area contributed by atoms with Crippen LogP contribution in [0.15, 0.2) is 0 Å². The summed E-state index contributed by atoms with van der Waals surface area (Å²) in [5, 5.41) is 12.4. The summed E-state index contributed by atoms with van der Waals surface area (Å²) in [6.45, 7) is 7.18. The maximum absolute atomic E-state index is 12.8. The lowest BCUT2D eigenvalue weighted by Gasteiger charge is -2.64. The summed E-state index contributed by atoms with van der Waals surface area (Å²) < 4.78 is 0. The zero-order valence-corrected chi connectivity index (χ0v) is 13.2. The normalized spacial score (nSPS) is 47.3. The SMILES string of the molecule is CC(O)CCNC(=O)C12CC3CC(C)(CC(C)(C3)C1)C2. The van der Waals surface area contributed by atoms with Crippen LogP contribution in [-0.4, -0.2) is 23.7 Å². The largest absolute Gasteiger partial charge is 0.393 e. The molecule has 4 fully saturated rings. The third-order valence-electron chi connectivity index (χ3n) is 5.96. The third kappa shape index (κ3) is 2.38. The highest BCUT2D eigenvalue weighted by Crippen LogP contribution is 2.69. The van der Waals surface area contributed by atoms with E-state index >= 15 is 0 Å². The van der Waals surface area contributed by atoms with Crippen molar-refractivity contribution in [2.45, 2.75) is 71.8 Å². The molecule has 0 aliphatic heterocycles. The van der Waals surface area contributed by atoms with E-state index in [0.29, 0.717) is 23.8 Å². The molecule has 4 rings (SSSR count). The van der Waals surface area contributed by atoms with Crippen LogP contribution in [0.3, 0.4) is 0 Å². The fraction of sp³-hybridized carbons (Fsp3) is 0.941. The van der Waals surface area contributed by atoms with Gasteiger partial charge in [-0.25, -0.2) is 0 Å². The zero-order valence-electron chi connectivity index (χ0n) is 13.2. The molecule has 0 saturated heterocycles. The number of aliphatic hydroxyl groups is 1. The maximum Gasteiger partial charge on any atom is 0.226 e. The monoisotopic (exact) mass is 279 g/mol. The van der Waals surface area contributed by atoms with Gasteiger partial charge in [-0.15, -0.1) is 0 Å². The molecule has 4 aliphatic carbocycles. The van der Waals surface area contributed by atoms with Crippen LogP contribution < -0.4 is 5.32 Å². The number of carbonyl (C=O) groups is 1. The van der Waals surface area contributed by atoms with Crippen molar-refractivity contribution in [2.24, 2.45) is 22.2 Å². The van der Waals surface area contributed by atoms with Crippen LogP contribution in [0.2, 0.25) is 0 Å². The molecule has 4 aliphatic rings. The van der Waals surface area contributed by atoms with Gasteiger partial charge in [0.1, 0.15) is 0 Å². The van der Waals surface area contributed by atoms with Gasteiger partial charge >= 0.3 is 0 Å². The van der Waals surface area contributed by atoms with E-state index in [1.54, 1.807) is 6.92 Å². The zero-order chi connectivity index (χ0) is 14.6. The number of amides is 1. The van der Waals surface area contributed by atoms with E-state index in [0.717, 1.165) is 25.2 Å². The van der Waals surface area contributed by atoms with E-state index in [2.05, 4.69) is 19.2 Å². The number of nitrogens with one attached hydrogen (secondary N) is 1. The van der Waals surface area contributed by atoms with Crippen molar-refractivity contribution in [1.29, 1.82) is 0 Å². The molecule has 3 nitrogen and oxygen atoms in total. The summed E-state index contributed by atoms with van der Waals surface area (Å²) in [5.41, 5.74) is 0.660. The van der Waals surface area contributed by atoms with Gasteiger partial charge in [-0.1, -0.05) is 13.8 Å². The summed E-state index contributed by atoms with van der Waals surface area (Å²) in [6, 6.07) is 0. The van der Waals surface area contributed by atoms with E-state index in [1.807, 2.05) is 0 Å². The van der Waals surface area contributed by atoms with Gasteiger partial charge in [-0.05, 0) is 68.6 Å². The van der Waals surface area contributed by atoms with E-state index < -0.39 is 0 Å². The summed E-state index contributed by atoms with van der Waals surface area (Å²) in [4.78, 5) is 12.8. The molecule has 0 radical (unpaired) electrons. The quantitative estimate of drug-likeness (QED) is 0.831. The van der Waals surface area contributed by atoms with Gasteiger partial charge in [0, 0.05) is 6.54 Å². The smallest absolute Gasteiger partial charge is 0.226 e. The fourth-order valence-electron chi connectivity index (χ4n) is 6.28. The molecule has 0 heterocycles. The van der Waals surface area contributed by atoms with Crippen molar-refractivity contribution in [2.75, 3.05) is 6.54 Å². The van der Waals surface area contributed by atoms with Crippen LogP contribution in [0.25, 0.3) is 0 Å². The average Bonchev–Trinajstić information content (AvgIpc) is 2.22. The highest BCUT2D eigenvalue weighted by atomic mass is 16.3. The molecule has 114 valence electrons. The first-order valence-electron chi connectivity index (χ1n) is 8.21. The lowest BCUT2D eigenvalue weighted by molar-refractivity contribution is -0.170. The number of carbonyl (C=O) groups excluding carboxylic acids is 1. The summed E-state index contributed by atoms with van der Waals surface area (Å²) >= 11 is 0. The molecule has 3 atom stereocenters. The van der Waals surface area contributed by atoms with Gasteiger partial charge in [0.15, 0.2) is 0 Å². The minimum Gasteiger partial charge on any atom is -0.393 e. The van der Waals surface area contributed by atoms with Crippen LogP contribution in [0, 0.1) is 22.2 Å². The Bertz CT molecular complexity index is 399. The van der Waals surface area contributed by atoms with Crippen molar-refractivity contribution in [3.8, 4) is 0 Å². The number of rotatable bonds is 4. The van der Waals surface area contributed by atoms with E-state index in [9.17, 15) is 9.90 Å². The van der Waals surface area contributed by atoms with Crippen LogP contribution in [0.5, 0.6) is 0 Å². The van der Waals surface area contributed by atoms with Crippen molar-refractivity contribution in [3.05, 3.63) is 0 Å². The number of aliphatic hydroxyl groups excluding tert-OH is 1. The molecule has 0 spiro atoms. The van der Waals surface area contributed by atoms with Crippen LogP contribution >= 0.6 is 0 Å². The highest BCUT2D eigenvalue weighted by molar-refractivity contribution is 5.83. The minimum atomic E-state index is -0.332. The van der Waals surface area contributed by atoms with Crippen LogP contribution in [0.4, 0.5) is 0 Å². The topological polar surface area (TPSA) is 49.3 Å². The van der Waals surface area contributed by atoms with Gasteiger partial charge in [-0.3, -0.25) is 4.79 Å². The van der Waals surface area contributed by atoms with Gasteiger partial charge in [0.25, 0.3) is 0 Å². The van der Waals surface area contributed by atoms with Crippen molar-refractivity contribution in [3.63, 3.8) is 0 Å². The minimum absolute atomic E-state index is 0.110. The Morgan fingerprint density at radius 2 is 1.80 bits per heavy atom. The number of hydrogen-bond acceptors (Lipinski definition) is 2. The Morgan fingerprint density at radius 3 is 2.30 bits per heavy atom. The van der Waals surface area contributed by atoms with Gasteiger partial charge in [-0.2, -0.15) is 0 Å². The Balaban J connectivity index is 1.73. The molecular formula is C17H29NO2. The molecular weight excluding hydrogens is 250 g/mol. The van der Waals surface area contributed by atoms with E-state index in [-0.39, 0.29) is 17.4 Å². The Labute approximate surface area is 122 Å². The molecule has 20 heavy (non-hydrogen) atoms. The molecule has 0 aromatic carbocycles. The van der Waals surface area contributed by atoms with E-state index in [1.165, 1.54) is 19.3 Å². The average molecular weight is 279 g/mol. The summed E-state index contributed by atoms with van der Waals surface area (Å²) in [6.07, 6.45) is 7.52. The van der Waals surface area contributed by atoms with Gasteiger partial charge < -0.3 is 10.4 Å². The molecule has 2 N–H and O–H groups in total. The third-order valence-corrected chi connectivity index (χ3v) is 5.96. The molecule has 0 aromatic rings. The van der Waals surface area contributed by atoms with Crippen LogP contribution in [0.1, 0.15) is 65.7 Å². The summed E-state index contributed by atoms with van der Waals surface area (Å²) in [5.74, 6) is 1.02. The maximum atomic E-state index is 12.8. The van der Waals surface area contributed by atoms with Crippen LogP contribution in [-0.2, 0) is 4.79 Å². The second kappa shape index (κ2) is 4.46. The van der Waals surface area contributed by atoms with Gasteiger partial charge in [0.2, 0.25) is 5.91 Å². The molecule has 4 bridgehead atoms. The van der Waals surface area contributed by atoms with Crippen molar-refractivity contribution >= 4 is 5.91 Å². The molecule has 1 amide bonds. The van der Waals surface area contributed by atoms with Crippen molar-refractivity contribution < 1.29 is 9.90 Å². The first-order chi connectivity index (χ1) is 9.24. The molecule has 3 unspecified atom stereocenters. The number of hydrogen-bond donors (Lipinski definition) is 2.